The minimum absolute atomic E-state index is 0.0532. The van der Waals surface area contributed by atoms with Gasteiger partial charge >= 0.3 is 0 Å². The Kier molecular flexibility index (Phi) is 2.79. The van der Waals surface area contributed by atoms with E-state index in [1.54, 1.807) is 0 Å². The molecule has 1 aliphatic carbocycles. The lowest BCUT2D eigenvalue weighted by atomic mass is 9.86. The third-order valence-electron chi connectivity index (χ3n) is 2.04. The Balaban J connectivity index is 2.60. The van der Waals surface area contributed by atoms with E-state index in [2.05, 4.69) is 13.8 Å². The maximum Gasteiger partial charge on any atom is 0.159 e. The van der Waals surface area contributed by atoms with Gasteiger partial charge in [-0.1, -0.05) is 13.8 Å². The SMILES string of the molecule is CC(C)C[C@@H]1CC(=O)C=CC1=O. The van der Waals surface area contributed by atoms with E-state index in [4.69, 9.17) is 0 Å². The number of carbonyl (C=O) groups is 2. The Bertz CT molecular complexity index is 226. The number of rotatable bonds is 2. The van der Waals surface area contributed by atoms with Crippen molar-refractivity contribution in [3.63, 3.8) is 0 Å². The summed E-state index contributed by atoms with van der Waals surface area (Å²) in [7, 11) is 0. The fourth-order valence-electron chi connectivity index (χ4n) is 1.49. The summed E-state index contributed by atoms with van der Waals surface area (Å²) in [6.45, 7) is 4.13. The highest BCUT2D eigenvalue weighted by atomic mass is 16.1. The fraction of sp³-hybridized carbons (Fsp3) is 0.600. The molecule has 0 saturated heterocycles. The van der Waals surface area contributed by atoms with Crippen molar-refractivity contribution in [3.8, 4) is 0 Å². The average Bonchev–Trinajstić information content (AvgIpc) is 1.96. The minimum Gasteiger partial charge on any atom is -0.295 e. The van der Waals surface area contributed by atoms with E-state index in [1.807, 2.05) is 0 Å². The normalized spacial score (nSPS) is 23.8. The van der Waals surface area contributed by atoms with Gasteiger partial charge in [-0.05, 0) is 24.5 Å². The Labute approximate surface area is 72.7 Å². The van der Waals surface area contributed by atoms with Gasteiger partial charge in [0, 0.05) is 12.3 Å². The number of allylic oxidation sites excluding steroid dienone is 2. The molecule has 1 atom stereocenters. The molecule has 1 aliphatic rings. The van der Waals surface area contributed by atoms with Crippen molar-refractivity contribution in [2.45, 2.75) is 26.7 Å². The molecule has 0 amide bonds. The molecule has 0 aromatic carbocycles. The van der Waals surface area contributed by atoms with Crippen LogP contribution in [-0.2, 0) is 9.59 Å². The first-order chi connectivity index (χ1) is 5.59. The van der Waals surface area contributed by atoms with Crippen LogP contribution in [0.5, 0.6) is 0 Å². The molecule has 0 aromatic heterocycles. The summed E-state index contributed by atoms with van der Waals surface area (Å²) in [5, 5.41) is 0. The summed E-state index contributed by atoms with van der Waals surface area (Å²) in [6, 6.07) is 0. The van der Waals surface area contributed by atoms with Crippen molar-refractivity contribution >= 4 is 11.6 Å². The molecular weight excluding hydrogens is 152 g/mol. The molecule has 0 unspecified atom stereocenters. The van der Waals surface area contributed by atoms with Gasteiger partial charge in [0.2, 0.25) is 0 Å². The van der Waals surface area contributed by atoms with Gasteiger partial charge < -0.3 is 0 Å². The number of hydrogen-bond donors (Lipinski definition) is 0. The van der Waals surface area contributed by atoms with Crippen LogP contribution in [0, 0.1) is 11.8 Å². The maximum atomic E-state index is 11.2. The number of carbonyl (C=O) groups excluding carboxylic acids is 2. The van der Waals surface area contributed by atoms with Gasteiger partial charge in [0.05, 0.1) is 0 Å². The van der Waals surface area contributed by atoms with Crippen LogP contribution in [0.2, 0.25) is 0 Å². The van der Waals surface area contributed by atoms with E-state index >= 15 is 0 Å². The molecule has 0 saturated carbocycles. The summed E-state index contributed by atoms with van der Waals surface area (Å²) < 4.78 is 0. The first-order valence-corrected chi connectivity index (χ1v) is 4.34. The lowest BCUT2D eigenvalue weighted by Gasteiger charge is -2.17. The topological polar surface area (TPSA) is 34.1 Å². The van der Waals surface area contributed by atoms with Crippen molar-refractivity contribution in [1.82, 2.24) is 0 Å². The van der Waals surface area contributed by atoms with Crippen LogP contribution in [0.4, 0.5) is 0 Å². The molecule has 0 aromatic rings. The van der Waals surface area contributed by atoms with Gasteiger partial charge in [0.15, 0.2) is 11.6 Å². The van der Waals surface area contributed by atoms with Gasteiger partial charge in [-0.2, -0.15) is 0 Å². The van der Waals surface area contributed by atoms with Gasteiger partial charge in [-0.3, -0.25) is 9.59 Å². The van der Waals surface area contributed by atoms with Crippen LogP contribution >= 0.6 is 0 Å². The Morgan fingerprint density at radius 3 is 2.67 bits per heavy atom. The van der Waals surface area contributed by atoms with Crippen molar-refractivity contribution in [2.24, 2.45) is 11.8 Å². The monoisotopic (exact) mass is 166 g/mol. The lowest BCUT2D eigenvalue weighted by Crippen LogP contribution is -2.21. The van der Waals surface area contributed by atoms with Crippen LogP contribution < -0.4 is 0 Å². The smallest absolute Gasteiger partial charge is 0.159 e. The second kappa shape index (κ2) is 3.65. The van der Waals surface area contributed by atoms with E-state index in [1.165, 1.54) is 12.2 Å². The van der Waals surface area contributed by atoms with Crippen molar-refractivity contribution in [3.05, 3.63) is 12.2 Å². The molecular formula is C10H14O2. The second-order valence-corrected chi connectivity index (χ2v) is 3.73. The van der Waals surface area contributed by atoms with Crippen molar-refractivity contribution < 1.29 is 9.59 Å². The molecule has 0 heterocycles. The van der Waals surface area contributed by atoms with Crippen LogP contribution in [0.3, 0.4) is 0 Å². The lowest BCUT2D eigenvalue weighted by molar-refractivity contribution is -0.125. The van der Waals surface area contributed by atoms with Crippen molar-refractivity contribution in [1.29, 1.82) is 0 Å². The fourth-order valence-corrected chi connectivity index (χ4v) is 1.49. The first kappa shape index (κ1) is 9.17. The Morgan fingerprint density at radius 2 is 2.08 bits per heavy atom. The third kappa shape index (κ3) is 2.29. The molecule has 0 spiro atoms. The number of hydrogen-bond acceptors (Lipinski definition) is 2. The first-order valence-electron chi connectivity index (χ1n) is 4.34. The van der Waals surface area contributed by atoms with Crippen molar-refractivity contribution in [2.75, 3.05) is 0 Å². The second-order valence-electron chi connectivity index (χ2n) is 3.73. The van der Waals surface area contributed by atoms with E-state index in [0.717, 1.165) is 6.42 Å². The van der Waals surface area contributed by atoms with Crippen LogP contribution in [0.1, 0.15) is 26.7 Å². The molecule has 0 bridgehead atoms. The zero-order valence-corrected chi connectivity index (χ0v) is 7.54. The third-order valence-corrected chi connectivity index (χ3v) is 2.04. The Hall–Kier alpha value is -0.920. The Morgan fingerprint density at radius 1 is 1.42 bits per heavy atom. The van der Waals surface area contributed by atoms with E-state index in [9.17, 15) is 9.59 Å². The summed E-state index contributed by atoms with van der Waals surface area (Å²) in [6.07, 6.45) is 4.04. The van der Waals surface area contributed by atoms with Gasteiger partial charge in [-0.15, -0.1) is 0 Å². The average molecular weight is 166 g/mol. The molecule has 1 rings (SSSR count). The highest BCUT2D eigenvalue weighted by molar-refractivity contribution is 6.05. The van der Waals surface area contributed by atoms with Gasteiger partial charge in [0.25, 0.3) is 0 Å². The molecule has 0 aliphatic heterocycles. The summed E-state index contributed by atoms with van der Waals surface area (Å²) in [4.78, 5) is 22.2. The van der Waals surface area contributed by atoms with Gasteiger partial charge in [-0.25, -0.2) is 0 Å². The van der Waals surface area contributed by atoms with E-state index in [0.29, 0.717) is 12.3 Å². The largest absolute Gasteiger partial charge is 0.295 e. The molecule has 66 valence electrons. The quantitative estimate of drug-likeness (QED) is 0.626. The highest BCUT2D eigenvalue weighted by Gasteiger charge is 2.23. The molecule has 2 heteroatoms. The van der Waals surface area contributed by atoms with E-state index in [-0.39, 0.29) is 17.5 Å². The highest BCUT2D eigenvalue weighted by Crippen LogP contribution is 2.20. The molecule has 0 fully saturated rings. The van der Waals surface area contributed by atoms with Crippen LogP contribution in [0.15, 0.2) is 12.2 Å². The van der Waals surface area contributed by atoms with Crippen LogP contribution in [0.25, 0.3) is 0 Å². The summed E-state index contributed by atoms with van der Waals surface area (Å²) in [5.74, 6) is 0.629. The predicted molar refractivity (Wildman–Crippen MR) is 46.7 cm³/mol. The zero-order chi connectivity index (χ0) is 9.14. The molecule has 12 heavy (non-hydrogen) atoms. The number of ketones is 2. The summed E-state index contributed by atoms with van der Waals surface area (Å²) in [5.41, 5.74) is 0. The maximum absolute atomic E-state index is 11.2. The van der Waals surface area contributed by atoms with Crippen LogP contribution in [-0.4, -0.2) is 11.6 Å². The molecule has 0 N–H and O–H groups in total. The predicted octanol–water partition coefficient (Wildman–Crippen LogP) is 1.75. The zero-order valence-electron chi connectivity index (χ0n) is 7.54. The minimum atomic E-state index is -0.0532. The molecule has 2 nitrogen and oxygen atoms in total. The van der Waals surface area contributed by atoms with E-state index < -0.39 is 0 Å². The molecule has 0 radical (unpaired) electrons. The van der Waals surface area contributed by atoms with Gasteiger partial charge in [0.1, 0.15) is 0 Å². The summed E-state index contributed by atoms with van der Waals surface area (Å²) >= 11 is 0. The standard InChI is InChI=1S/C10H14O2/c1-7(2)5-8-6-9(11)3-4-10(8)12/h3-4,7-8H,5-6H2,1-2H3/t8-/m1/s1.